The molecule has 4 rings (SSSR count). The summed E-state index contributed by atoms with van der Waals surface area (Å²) in [5.74, 6) is -0.705. The topological polar surface area (TPSA) is 127 Å². The summed E-state index contributed by atoms with van der Waals surface area (Å²) >= 11 is 5.90. The number of halogens is 1. The summed E-state index contributed by atoms with van der Waals surface area (Å²) in [7, 11) is -5.74. The molecule has 4 aromatic rings. The molecule has 12 heteroatoms. The van der Waals surface area contributed by atoms with Crippen molar-refractivity contribution in [3.8, 4) is 0 Å². The first-order chi connectivity index (χ1) is 17.1. The minimum absolute atomic E-state index is 0.0238. The molecule has 0 unspecified atom stereocenters. The molecule has 2 aromatic carbocycles. The zero-order valence-corrected chi connectivity index (χ0v) is 21.8. The fourth-order valence-corrected chi connectivity index (χ4v) is 6.22. The van der Waals surface area contributed by atoms with Crippen molar-refractivity contribution >= 4 is 43.1 Å². The van der Waals surface area contributed by atoms with E-state index in [0.717, 1.165) is 3.97 Å². The molecule has 0 fully saturated rings. The molecule has 0 atom stereocenters. The van der Waals surface area contributed by atoms with Crippen LogP contribution in [0, 0.1) is 0 Å². The lowest BCUT2D eigenvalue weighted by Crippen LogP contribution is -2.20. The number of anilines is 1. The Bertz CT molecular complexity index is 1530. The minimum Gasteiger partial charge on any atom is -0.461 e. The first-order valence-corrected chi connectivity index (χ1v) is 13.9. The Morgan fingerprint density at radius 1 is 1.00 bits per heavy atom. The highest BCUT2D eigenvalue weighted by atomic mass is 35.5. The monoisotopic (exact) mass is 549 g/mol. The van der Waals surface area contributed by atoms with Crippen LogP contribution in [0.25, 0.3) is 0 Å². The predicted molar refractivity (Wildman–Crippen MR) is 137 cm³/mol. The van der Waals surface area contributed by atoms with E-state index in [-0.39, 0.29) is 27.2 Å². The average Bonchev–Trinajstić information content (AvgIpc) is 3.58. The second-order valence-corrected chi connectivity index (χ2v) is 11.3. The van der Waals surface area contributed by atoms with Crippen molar-refractivity contribution < 1.29 is 26.4 Å². The van der Waals surface area contributed by atoms with Crippen molar-refractivity contribution in [1.29, 1.82) is 0 Å². The molecule has 0 saturated carbocycles. The van der Waals surface area contributed by atoms with Gasteiger partial charge in [-0.05, 0) is 61.5 Å². The molecule has 36 heavy (non-hydrogen) atoms. The molecular formula is C24H24ClN3O6S2. The molecule has 0 aliphatic carbocycles. The molecule has 0 amide bonds. The summed E-state index contributed by atoms with van der Waals surface area (Å²) in [5.41, 5.74) is 0.316. The number of sulfone groups is 1. The van der Waals surface area contributed by atoms with Crippen LogP contribution in [0.4, 0.5) is 5.69 Å². The average molecular weight is 550 g/mol. The summed E-state index contributed by atoms with van der Waals surface area (Å²) in [6, 6.07) is 18.9. The molecule has 0 aliphatic rings. The van der Waals surface area contributed by atoms with E-state index in [2.05, 4.69) is 10.3 Å². The standard InChI is InChI=1S/C14H15ClN2O4S.C10H9NO2S/c1-3-21-14(18)12-5-4-8-17(12)22(19,20)13-9-10(15)6-7-11(13)16-2;12-14(13,10-7-4-8-11-10)9-5-2-1-3-6-9/h4-9,16H,3H2,1-2H3;1-8,11H. The molecular weight excluding hydrogens is 526 g/mol. The normalized spacial score (nSPS) is 11.3. The molecule has 0 spiro atoms. The van der Waals surface area contributed by atoms with Gasteiger partial charge in [0.1, 0.15) is 15.6 Å². The van der Waals surface area contributed by atoms with Crippen LogP contribution < -0.4 is 5.32 Å². The maximum Gasteiger partial charge on any atom is 0.355 e. The third kappa shape index (κ3) is 5.81. The Kier molecular flexibility index (Phi) is 8.62. The molecule has 0 aliphatic heterocycles. The van der Waals surface area contributed by atoms with Crippen LogP contribution in [0.1, 0.15) is 17.4 Å². The van der Waals surface area contributed by atoms with Crippen LogP contribution in [0.15, 0.2) is 100 Å². The van der Waals surface area contributed by atoms with Crippen LogP contribution >= 0.6 is 11.6 Å². The highest BCUT2D eigenvalue weighted by molar-refractivity contribution is 7.91. The van der Waals surface area contributed by atoms with Gasteiger partial charge < -0.3 is 15.0 Å². The number of carbonyl (C=O) groups is 1. The number of benzene rings is 2. The minimum atomic E-state index is -3.99. The second kappa shape index (κ2) is 11.5. The summed E-state index contributed by atoms with van der Waals surface area (Å²) in [6.07, 6.45) is 2.89. The Labute approximate surface area is 214 Å². The molecule has 190 valence electrons. The summed E-state index contributed by atoms with van der Waals surface area (Å²) in [4.78, 5) is 14.8. The molecule has 9 nitrogen and oxygen atoms in total. The number of aromatic nitrogens is 2. The maximum absolute atomic E-state index is 12.8. The van der Waals surface area contributed by atoms with Crippen molar-refractivity contribution in [2.75, 3.05) is 19.0 Å². The molecule has 0 radical (unpaired) electrons. The number of aromatic amines is 1. The van der Waals surface area contributed by atoms with Gasteiger partial charge in [0.2, 0.25) is 9.84 Å². The van der Waals surface area contributed by atoms with Gasteiger partial charge in [-0.3, -0.25) is 0 Å². The quantitative estimate of drug-likeness (QED) is 0.326. The van der Waals surface area contributed by atoms with Crippen LogP contribution in [0.5, 0.6) is 0 Å². The first-order valence-electron chi connectivity index (χ1n) is 10.6. The van der Waals surface area contributed by atoms with Crippen molar-refractivity contribution in [3.05, 3.63) is 95.9 Å². The lowest BCUT2D eigenvalue weighted by molar-refractivity contribution is 0.0518. The Morgan fingerprint density at radius 2 is 1.72 bits per heavy atom. The van der Waals surface area contributed by atoms with E-state index in [9.17, 15) is 21.6 Å². The van der Waals surface area contributed by atoms with Crippen LogP contribution in [-0.4, -0.2) is 45.4 Å². The number of nitrogens with one attached hydrogen (secondary N) is 2. The highest BCUT2D eigenvalue weighted by Gasteiger charge is 2.26. The fourth-order valence-electron chi connectivity index (χ4n) is 3.17. The van der Waals surface area contributed by atoms with E-state index in [1.54, 1.807) is 74.8 Å². The van der Waals surface area contributed by atoms with Gasteiger partial charge in [0.05, 0.1) is 17.2 Å². The third-order valence-electron chi connectivity index (χ3n) is 4.86. The van der Waals surface area contributed by atoms with Gasteiger partial charge in [0, 0.05) is 24.5 Å². The number of hydrogen-bond donors (Lipinski definition) is 2. The zero-order valence-electron chi connectivity index (χ0n) is 19.4. The second-order valence-electron chi connectivity index (χ2n) is 7.16. The van der Waals surface area contributed by atoms with Gasteiger partial charge in [-0.2, -0.15) is 0 Å². The first kappa shape index (κ1) is 27.1. The predicted octanol–water partition coefficient (Wildman–Crippen LogP) is 4.44. The van der Waals surface area contributed by atoms with E-state index in [1.807, 2.05) is 0 Å². The number of H-pyrrole nitrogens is 1. The van der Waals surface area contributed by atoms with E-state index in [1.165, 1.54) is 24.4 Å². The number of nitrogens with zero attached hydrogens (tertiary/aromatic N) is 1. The van der Waals surface area contributed by atoms with Gasteiger partial charge >= 0.3 is 5.97 Å². The lowest BCUT2D eigenvalue weighted by Gasteiger charge is -2.13. The van der Waals surface area contributed by atoms with Gasteiger partial charge in [-0.15, -0.1) is 0 Å². The Morgan fingerprint density at radius 3 is 2.33 bits per heavy atom. The Balaban J connectivity index is 0.000000221. The number of ether oxygens (including phenoxy) is 1. The van der Waals surface area contributed by atoms with Crippen molar-refractivity contribution in [3.63, 3.8) is 0 Å². The molecule has 2 aromatic heterocycles. The molecule has 2 N–H and O–H groups in total. The van der Waals surface area contributed by atoms with E-state index >= 15 is 0 Å². The summed E-state index contributed by atoms with van der Waals surface area (Å²) < 4.78 is 55.1. The smallest absolute Gasteiger partial charge is 0.355 e. The van der Waals surface area contributed by atoms with E-state index in [4.69, 9.17) is 16.3 Å². The largest absolute Gasteiger partial charge is 0.461 e. The van der Waals surface area contributed by atoms with Crippen LogP contribution in [0.3, 0.4) is 0 Å². The third-order valence-corrected chi connectivity index (χ3v) is 8.55. The number of hydrogen-bond acceptors (Lipinski definition) is 7. The maximum atomic E-state index is 12.8. The number of rotatable bonds is 7. The lowest BCUT2D eigenvalue weighted by atomic mass is 10.3. The van der Waals surface area contributed by atoms with Crippen molar-refractivity contribution in [1.82, 2.24) is 8.96 Å². The van der Waals surface area contributed by atoms with E-state index in [0.29, 0.717) is 10.6 Å². The zero-order chi connectivity index (χ0) is 26.3. The van der Waals surface area contributed by atoms with Gasteiger partial charge in [0.15, 0.2) is 0 Å². The van der Waals surface area contributed by atoms with Crippen LogP contribution in [0.2, 0.25) is 5.02 Å². The molecule has 0 bridgehead atoms. The Hall–Kier alpha value is -3.54. The van der Waals surface area contributed by atoms with Crippen molar-refractivity contribution in [2.45, 2.75) is 21.7 Å². The number of carbonyl (C=O) groups excluding carboxylic acids is 1. The summed E-state index contributed by atoms with van der Waals surface area (Å²) in [5, 5.41) is 3.30. The van der Waals surface area contributed by atoms with Crippen LogP contribution in [-0.2, 0) is 24.6 Å². The molecule has 2 heterocycles. The van der Waals surface area contributed by atoms with Gasteiger partial charge in [-0.25, -0.2) is 25.6 Å². The van der Waals surface area contributed by atoms with Crippen molar-refractivity contribution in [2.24, 2.45) is 0 Å². The van der Waals surface area contributed by atoms with Gasteiger partial charge in [-0.1, -0.05) is 29.8 Å². The highest BCUT2D eigenvalue weighted by Crippen LogP contribution is 2.28. The number of esters is 1. The molecule has 0 saturated heterocycles. The van der Waals surface area contributed by atoms with E-state index < -0.39 is 25.8 Å². The van der Waals surface area contributed by atoms with Gasteiger partial charge in [0.25, 0.3) is 10.0 Å². The SMILES string of the molecule is CCOC(=O)c1cccn1S(=O)(=O)c1cc(Cl)ccc1NC.O=S(=O)(c1ccccc1)c1ccc[nH]1. The summed E-state index contributed by atoms with van der Waals surface area (Å²) in [6.45, 7) is 1.80. The fraction of sp³-hybridized carbons (Fsp3) is 0.125.